The summed E-state index contributed by atoms with van der Waals surface area (Å²) < 4.78 is 5.10. The van der Waals surface area contributed by atoms with Gasteiger partial charge in [-0.05, 0) is 39.7 Å². The quantitative estimate of drug-likeness (QED) is 0.874. The van der Waals surface area contributed by atoms with Crippen molar-refractivity contribution in [2.75, 3.05) is 6.54 Å². The largest absolute Gasteiger partial charge is 0.444 e. The first-order chi connectivity index (χ1) is 9.78. The molecule has 0 radical (unpaired) electrons. The van der Waals surface area contributed by atoms with Crippen LogP contribution < -0.4 is 10.6 Å². The smallest absolute Gasteiger partial charge is 0.408 e. The third-order valence-electron chi connectivity index (χ3n) is 2.68. The SMILES string of the molecule is C[C@@H](NC(=O)OC(C)(C)C)C(=O)NCCc1ccccc1. The molecule has 1 aromatic carbocycles. The van der Waals surface area contributed by atoms with Crippen molar-refractivity contribution in [1.29, 1.82) is 0 Å². The van der Waals surface area contributed by atoms with Crippen LogP contribution in [-0.2, 0) is 16.0 Å². The number of ether oxygens (including phenoxy) is 1. The molecule has 1 atom stereocenters. The maximum Gasteiger partial charge on any atom is 0.408 e. The molecule has 5 nitrogen and oxygen atoms in total. The van der Waals surface area contributed by atoms with Crippen molar-refractivity contribution < 1.29 is 14.3 Å². The molecule has 0 bridgehead atoms. The van der Waals surface area contributed by atoms with Gasteiger partial charge in [-0.1, -0.05) is 30.3 Å². The van der Waals surface area contributed by atoms with Gasteiger partial charge >= 0.3 is 6.09 Å². The minimum Gasteiger partial charge on any atom is -0.444 e. The van der Waals surface area contributed by atoms with Crippen molar-refractivity contribution in [3.8, 4) is 0 Å². The first-order valence-electron chi connectivity index (χ1n) is 7.09. The third kappa shape index (κ3) is 7.34. The lowest BCUT2D eigenvalue weighted by Gasteiger charge is -2.21. The van der Waals surface area contributed by atoms with Crippen molar-refractivity contribution in [1.82, 2.24) is 10.6 Å². The third-order valence-corrected chi connectivity index (χ3v) is 2.68. The van der Waals surface area contributed by atoms with Crippen molar-refractivity contribution >= 4 is 12.0 Å². The Morgan fingerprint density at radius 2 is 1.81 bits per heavy atom. The van der Waals surface area contributed by atoms with Crippen LogP contribution in [0, 0.1) is 0 Å². The number of carbonyl (C=O) groups excluding carboxylic acids is 2. The number of hydrogen-bond donors (Lipinski definition) is 2. The summed E-state index contributed by atoms with van der Waals surface area (Å²) in [5.74, 6) is -0.225. The zero-order chi connectivity index (χ0) is 15.9. The number of amides is 2. The molecular formula is C16H24N2O3. The zero-order valence-corrected chi connectivity index (χ0v) is 13.1. The van der Waals surface area contributed by atoms with Gasteiger partial charge in [-0.2, -0.15) is 0 Å². The average molecular weight is 292 g/mol. The van der Waals surface area contributed by atoms with E-state index in [9.17, 15) is 9.59 Å². The molecule has 0 unspecified atom stereocenters. The highest BCUT2D eigenvalue weighted by molar-refractivity contribution is 5.85. The molecule has 0 aliphatic rings. The molecule has 0 saturated carbocycles. The van der Waals surface area contributed by atoms with E-state index in [-0.39, 0.29) is 5.91 Å². The van der Waals surface area contributed by atoms with Crippen molar-refractivity contribution in [3.05, 3.63) is 35.9 Å². The number of benzene rings is 1. The number of nitrogens with one attached hydrogen (secondary N) is 2. The molecule has 2 amide bonds. The monoisotopic (exact) mass is 292 g/mol. The lowest BCUT2D eigenvalue weighted by Crippen LogP contribution is -2.46. The van der Waals surface area contributed by atoms with E-state index in [4.69, 9.17) is 4.74 Å². The molecule has 0 fully saturated rings. The average Bonchev–Trinajstić information content (AvgIpc) is 2.37. The molecule has 0 heterocycles. The van der Waals surface area contributed by atoms with Crippen LogP contribution in [0.4, 0.5) is 4.79 Å². The first kappa shape index (κ1) is 17.0. The van der Waals surface area contributed by atoms with Crippen LogP contribution >= 0.6 is 0 Å². The van der Waals surface area contributed by atoms with Crippen molar-refractivity contribution in [2.45, 2.75) is 45.8 Å². The molecule has 1 aromatic rings. The van der Waals surface area contributed by atoms with Crippen molar-refractivity contribution in [2.24, 2.45) is 0 Å². The molecule has 5 heteroatoms. The normalized spacial score (nSPS) is 12.4. The van der Waals surface area contributed by atoms with Gasteiger partial charge in [-0.25, -0.2) is 4.79 Å². The minimum absolute atomic E-state index is 0.225. The molecule has 1 rings (SSSR count). The van der Waals surface area contributed by atoms with E-state index in [1.807, 2.05) is 30.3 Å². The molecule has 21 heavy (non-hydrogen) atoms. The van der Waals surface area contributed by atoms with E-state index in [0.29, 0.717) is 6.54 Å². The van der Waals surface area contributed by atoms with Crippen LogP contribution in [0.5, 0.6) is 0 Å². The second kappa shape index (κ2) is 7.67. The highest BCUT2D eigenvalue weighted by Crippen LogP contribution is 2.06. The molecule has 116 valence electrons. The Balaban J connectivity index is 2.29. The van der Waals surface area contributed by atoms with Crippen LogP contribution in [0.25, 0.3) is 0 Å². The van der Waals surface area contributed by atoms with Crippen molar-refractivity contribution in [3.63, 3.8) is 0 Å². The molecule has 0 saturated heterocycles. The Kier molecular flexibility index (Phi) is 6.21. The lowest BCUT2D eigenvalue weighted by molar-refractivity contribution is -0.122. The van der Waals surface area contributed by atoms with E-state index in [1.165, 1.54) is 0 Å². The van der Waals surface area contributed by atoms with Gasteiger partial charge in [-0.3, -0.25) is 4.79 Å². The fraction of sp³-hybridized carbons (Fsp3) is 0.500. The van der Waals surface area contributed by atoms with Gasteiger partial charge in [0.2, 0.25) is 5.91 Å². The highest BCUT2D eigenvalue weighted by atomic mass is 16.6. The lowest BCUT2D eigenvalue weighted by atomic mass is 10.1. The van der Waals surface area contributed by atoms with Crippen LogP contribution in [-0.4, -0.2) is 30.2 Å². The predicted octanol–water partition coefficient (Wildman–Crippen LogP) is 2.26. The van der Waals surface area contributed by atoms with E-state index in [0.717, 1.165) is 12.0 Å². The van der Waals surface area contributed by atoms with Crippen LogP contribution in [0.2, 0.25) is 0 Å². The van der Waals surface area contributed by atoms with E-state index in [2.05, 4.69) is 10.6 Å². The summed E-state index contributed by atoms with van der Waals surface area (Å²) in [7, 11) is 0. The van der Waals surface area contributed by atoms with Crippen LogP contribution in [0.3, 0.4) is 0 Å². The summed E-state index contributed by atoms with van der Waals surface area (Å²) in [5, 5.41) is 5.30. The number of hydrogen-bond acceptors (Lipinski definition) is 3. The number of carbonyl (C=O) groups is 2. The molecular weight excluding hydrogens is 268 g/mol. The Bertz CT molecular complexity index is 466. The topological polar surface area (TPSA) is 67.4 Å². The Hall–Kier alpha value is -2.04. The van der Waals surface area contributed by atoms with Crippen LogP contribution in [0.15, 0.2) is 30.3 Å². The summed E-state index contributed by atoms with van der Waals surface area (Å²) in [6.45, 7) is 7.48. The second-order valence-corrected chi connectivity index (χ2v) is 5.89. The highest BCUT2D eigenvalue weighted by Gasteiger charge is 2.20. The van der Waals surface area contributed by atoms with E-state index in [1.54, 1.807) is 27.7 Å². The van der Waals surface area contributed by atoms with Gasteiger partial charge in [0.25, 0.3) is 0 Å². The Morgan fingerprint density at radius 3 is 2.38 bits per heavy atom. The van der Waals surface area contributed by atoms with Gasteiger partial charge in [0.15, 0.2) is 0 Å². The second-order valence-electron chi connectivity index (χ2n) is 5.89. The number of rotatable bonds is 5. The van der Waals surface area contributed by atoms with Gasteiger partial charge in [0.1, 0.15) is 11.6 Å². The molecule has 0 aliphatic carbocycles. The van der Waals surface area contributed by atoms with E-state index < -0.39 is 17.7 Å². The van der Waals surface area contributed by atoms with Gasteiger partial charge < -0.3 is 15.4 Å². The summed E-state index contributed by atoms with van der Waals surface area (Å²) >= 11 is 0. The fourth-order valence-corrected chi connectivity index (χ4v) is 1.68. The summed E-state index contributed by atoms with van der Waals surface area (Å²) in [6, 6.07) is 9.27. The summed E-state index contributed by atoms with van der Waals surface area (Å²) in [5.41, 5.74) is 0.582. The van der Waals surface area contributed by atoms with Gasteiger partial charge in [0, 0.05) is 6.54 Å². The fourth-order valence-electron chi connectivity index (χ4n) is 1.68. The maximum absolute atomic E-state index is 11.9. The first-order valence-corrected chi connectivity index (χ1v) is 7.09. The predicted molar refractivity (Wildman–Crippen MR) is 82.0 cm³/mol. The van der Waals surface area contributed by atoms with Gasteiger partial charge in [0.05, 0.1) is 0 Å². The maximum atomic E-state index is 11.9. The van der Waals surface area contributed by atoms with E-state index >= 15 is 0 Å². The molecule has 0 aromatic heterocycles. The minimum atomic E-state index is -0.629. The standard InChI is InChI=1S/C16H24N2O3/c1-12(18-15(20)21-16(2,3)4)14(19)17-11-10-13-8-6-5-7-9-13/h5-9,12H,10-11H2,1-4H3,(H,17,19)(H,18,20)/t12-/m1/s1. The molecule has 2 N–H and O–H groups in total. The summed E-state index contributed by atoms with van der Waals surface area (Å²) in [6.07, 6.45) is 0.166. The molecule has 0 spiro atoms. The Labute approximate surface area is 126 Å². The number of alkyl carbamates (subject to hydrolysis) is 1. The Morgan fingerprint density at radius 1 is 1.19 bits per heavy atom. The molecule has 0 aliphatic heterocycles. The zero-order valence-electron chi connectivity index (χ0n) is 13.1. The summed E-state index contributed by atoms with van der Waals surface area (Å²) in [4.78, 5) is 23.4. The van der Waals surface area contributed by atoms with Crippen LogP contribution in [0.1, 0.15) is 33.3 Å². The van der Waals surface area contributed by atoms with Gasteiger partial charge in [-0.15, -0.1) is 0 Å².